The normalized spacial score (nSPS) is 28.8. The van der Waals surface area contributed by atoms with E-state index in [9.17, 15) is 0 Å². The van der Waals surface area contributed by atoms with Gasteiger partial charge in [0, 0.05) is 6.04 Å². The maximum atomic E-state index is 3.55. The Bertz CT molecular complexity index is 331. The van der Waals surface area contributed by atoms with Crippen LogP contribution < -0.4 is 5.32 Å². The summed E-state index contributed by atoms with van der Waals surface area (Å²) in [5, 5.41) is 8.05. The van der Waals surface area contributed by atoms with Crippen molar-refractivity contribution in [3.63, 3.8) is 0 Å². The van der Waals surface area contributed by atoms with Crippen LogP contribution >= 0.6 is 11.3 Å². The summed E-state index contributed by atoms with van der Waals surface area (Å²) in [6, 6.07) is 3.03. The maximum absolute atomic E-state index is 3.55. The van der Waals surface area contributed by atoms with Crippen LogP contribution in [0.5, 0.6) is 0 Å². The van der Waals surface area contributed by atoms with E-state index in [1.54, 1.807) is 0 Å². The standard InChI is InChI=1S/C16H27NS/c1-12(2)14-6-7-16(17-3)15(10-14)5-4-13-8-9-18-11-13/h8-9,11-12,14-17H,4-7,10H2,1-3H3. The molecule has 1 nitrogen and oxygen atoms in total. The Balaban J connectivity index is 1.89. The van der Waals surface area contributed by atoms with Gasteiger partial charge in [-0.05, 0) is 79.3 Å². The van der Waals surface area contributed by atoms with E-state index in [0.717, 1.165) is 23.8 Å². The molecule has 0 aliphatic heterocycles. The summed E-state index contributed by atoms with van der Waals surface area (Å²) in [6.45, 7) is 4.78. The quantitative estimate of drug-likeness (QED) is 0.835. The van der Waals surface area contributed by atoms with E-state index in [-0.39, 0.29) is 0 Å². The molecule has 2 heteroatoms. The molecule has 3 unspecified atom stereocenters. The first-order valence-corrected chi connectivity index (χ1v) is 8.33. The minimum absolute atomic E-state index is 0.749. The van der Waals surface area contributed by atoms with Crippen LogP contribution in [0.2, 0.25) is 0 Å². The third kappa shape index (κ3) is 3.58. The topological polar surface area (TPSA) is 12.0 Å². The van der Waals surface area contributed by atoms with Crippen molar-refractivity contribution in [2.45, 2.75) is 52.0 Å². The second-order valence-corrected chi connectivity index (χ2v) is 6.92. The van der Waals surface area contributed by atoms with Gasteiger partial charge in [0.25, 0.3) is 0 Å². The summed E-state index contributed by atoms with van der Waals surface area (Å²) in [4.78, 5) is 0. The highest BCUT2D eigenvalue weighted by molar-refractivity contribution is 7.07. The Kier molecular flexibility index (Phi) is 5.25. The van der Waals surface area contributed by atoms with Crippen molar-refractivity contribution in [2.24, 2.45) is 17.8 Å². The van der Waals surface area contributed by atoms with Crippen molar-refractivity contribution in [3.05, 3.63) is 22.4 Å². The SMILES string of the molecule is CNC1CCC(C(C)C)CC1CCc1ccsc1. The largest absolute Gasteiger partial charge is 0.317 e. The molecule has 0 bridgehead atoms. The number of hydrogen-bond acceptors (Lipinski definition) is 2. The molecule has 0 aromatic carbocycles. The fourth-order valence-corrected chi connectivity index (χ4v) is 4.10. The lowest BCUT2D eigenvalue weighted by atomic mass is 9.72. The number of thiophene rings is 1. The predicted octanol–water partition coefficient (Wildman–Crippen LogP) is 4.34. The molecule has 0 saturated heterocycles. The van der Waals surface area contributed by atoms with Gasteiger partial charge in [0.1, 0.15) is 0 Å². The van der Waals surface area contributed by atoms with E-state index in [1.807, 2.05) is 11.3 Å². The highest BCUT2D eigenvalue weighted by atomic mass is 32.1. The van der Waals surface area contributed by atoms with Gasteiger partial charge >= 0.3 is 0 Å². The molecule has 1 aliphatic carbocycles. The number of nitrogens with one attached hydrogen (secondary N) is 1. The molecule has 2 rings (SSSR count). The van der Waals surface area contributed by atoms with Gasteiger partial charge in [-0.3, -0.25) is 0 Å². The lowest BCUT2D eigenvalue weighted by Gasteiger charge is -2.38. The van der Waals surface area contributed by atoms with Crippen LogP contribution in [-0.4, -0.2) is 13.1 Å². The fraction of sp³-hybridized carbons (Fsp3) is 0.750. The van der Waals surface area contributed by atoms with Crippen LogP contribution in [0.4, 0.5) is 0 Å². The van der Waals surface area contributed by atoms with E-state index in [4.69, 9.17) is 0 Å². The molecule has 102 valence electrons. The summed E-state index contributed by atoms with van der Waals surface area (Å²) in [7, 11) is 2.14. The van der Waals surface area contributed by atoms with Crippen LogP contribution in [-0.2, 0) is 6.42 Å². The van der Waals surface area contributed by atoms with Crippen molar-refractivity contribution >= 4 is 11.3 Å². The number of hydrogen-bond donors (Lipinski definition) is 1. The lowest BCUT2D eigenvalue weighted by Crippen LogP contribution is -2.39. The van der Waals surface area contributed by atoms with Crippen molar-refractivity contribution in [3.8, 4) is 0 Å². The molecule has 1 heterocycles. The fourth-order valence-electron chi connectivity index (χ4n) is 3.39. The molecule has 0 radical (unpaired) electrons. The van der Waals surface area contributed by atoms with E-state index in [1.165, 1.54) is 37.7 Å². The number of rotatable bonds is 5. The van der Waals surface area contributed by atoms with Gasteiger partial charge in [-0.25, -0.2) is 0 Å². The molecule has 1 aromatic rings. The van der Waals surface area contributed by atoms with Gasteiger partial charge in [0.2, 0.25) is 0 Å². The van der Waals surface area contributed by atoms with Crippen LogP contribution in [0, 0.1) is 17.8 Å². The Morgan fingerprint density at radius 3 is 2.83 bits per heavy atom. The van der Waals surface area contributed by atoms with Gasteiger partial charge in [0.05, 0.1) is 0 Å². The smallest absolute Gasteiger partial charge is 0.00926 e. The first-order chi connectivity index (χ1) is 8.70. The Hall–Kier alpha value is -0.340. The Morgan fingerprint density at radius 1 is 1.39 bits per heavy atom. The molecule has 1 saturated carbocycles. The van der Waals surface area contributed by atoms with Gasteiger partial charge in [-0.1, -0.05) is 13.8 Å². The van der Waals surface area contributed by atoms with Crippen molar-refractivity contribution in [2.75, 3.05) is 7.05 Å². The summed E-state index contributed by atoms with van der Waals surface area (Å²) < 4.78 is 0. The van der Waals surface area contributed by atoms with Crippen molar-refractivity contribution in [1.82, 2.24) is 5.32 Å². The zero-order chi connectivity index (χ0) is 13.0. The van der Waals surface area contributed by atoms with E-state index < -0.39 is 0 Å². The van der Waals surface area contributed by atoms with Gasteiger partial charge in [-0.15, -0.1) is 0 Å². The Morgan fingerprint density at radius 2 is 2.22 bits per heavy atom. The van der Waals surface area contributed by atoms with Crippen LogP contribution in [0.3, 0.4) is 0 Å². The maximum Gasteiger partial charge on any atom is 0.00926 e. The van der Waals surface area contributed by atoms with E-state index in [0.29, 0.717) is 0 Å². The average Bonchev–Trinajstić information content (AvgIpc) is 2.89. The first kappa shape index (κ1) is 14.1. The minimum atomic E-state index is 0.749. The van der Waals surface area contributed by atoms with Gasteiger partial charge in [-0.2, -0.15) is 11.3 Å². The second-order valence-electron chi connectivity index (χ2n) is 6.14. The molecular formula is C16H27NS. The van der Waals surface area contributed by atoms with Crippen LogP contribution in [0.15, 0.2) is 16.8 Å². The molecule has 0 amide bonds. The molecule has 1 N–H and O–H groups in total. The lowest BCUT2D eigenvalue weighted by molar-refractivity contribution is 0.166. The Labute approximate surface area is 116 Å². The predicted molar refractivity (Wildman–Crippen MR) is 81.2 cm³/mol. The van der Waals surface area contributed by atoms with Crippen molar-refractivity contribution in [1.29, 1.82) is 0 Å². The zero-order valence-electron chi connectivity index (χ0n) is 12.0. The molecule has 1 fully saturated rings. The summed E-state index contributed by atoms with van der Waals surface area (Å²) in [5.41, 5.74) is 1.53. The minimum Gasteiger partial charge on any atom is -0.317 e. The van der Waals surface area contributed by atoms with E-state index >= 15 is 0 Å². The van der Waals surface area contributed by atoms with Gasteiger partial charge < -0.3 is 5.32 Å². The molecule has 1 aliphatic rings. The molecule has 0 spiro atoms. The monoisotopic (exact) mass is 265 g/mol. The summed E-state index contributed by atoms with van der Waals surface area (Å²) in [6.07, 6.45) is 6.82. The average molecular weight is 265 g/mol. The zero-order valence-corrected chi connectivity index (χ0v) is 12.8. The van der Waals surface area contributed by atoms with E-state index in [2.05, 4.69) is 43.0 Å². The first-order valence-electron chi connectivity index (χ1n) is 7.39. The summed E-state index contributed by atoms with van der Waals surface area (Å²) in [5.74, 6) is 2.67. The molecule has 1 aromatic heterocycles. The highest BCUT2D eigenvalue weighted by Crippen LogP contribution is 2.36. The van der Waals surface area contributed by atoms with Gasteiger partial charge in [0.15, 0.2) is 0 Å². The van der Waals surface area contributed by atoms with Crippen molar-refractivity contribution < 1.29 is 0 Å². The second kappa shape index (κ2) is 6.72. The molecule has 18 heavy (non-hydrogen) atoms. The third-order valence-corrected chi connectivity index (χ3v) is 5.45. The highest BCUT2D eigenvalue weighted by Gasteiger charge is 2.30. The molecule has 3 atom stereocenters. The summed E-state index contributed by atoms with van der Waals surface area (Å²) >= 11 is 1.82. The van der Waals surface area contributed by atoms with Crippen LogP contribution in [0.25, 0.3) is 0 Å². The van der Waals surface area contributed by atoms with Crippen LogP contribution in [0.1, 0.15) is 45.1 Å². The number of aryl methyl sites for hydroxylation is 1. The third-order valence-electron chi connectivity index (χ3n) is 4.72. The molecular weight excluding hydrogens is 238 g/mol.